The second kappa shape index (κ2) is 4.24. The smallest absolute Gasteiger partial charge is 0.350 e. The number of hydrogen-bond donors (Lipinski definition) is 2. The van der Waals surface area contributed by atoms with Crippen molar-refractivity contribution in [2.24, 2.45) is 14.9 Å². The number of nitroso groups, excluding NO2 is 2. The van der Waals surface area contributed by atoms with Gasteiger partial charge in [0.25, 0.3) is 0 Å². The van der Waals surface area contributed by atoms with Gasteiger partial charge in [-0.2, -0.15) is 16.8 Å². The summed E-state index contributed by atoms with van der Waals surface area (Å²) in [5.41, 5.74) is 5.36. The van der Waals surface area contributed by atoms with Gasteiger partial charge in [0.05, 0.1) is 9.16 Å². The summed E-state index contributed by atoms with van der Waals surface area (Å²) in [6.07, 6.45) is 0. The Bertz CT molecular complexity index is 436. The van der Waals surface area contributed by atoms with Gasteiger partial charge in [0.1, 0.15) is 0 Å². The monoisotopic (exact) mass is 261 g/mol. The lowest BCUT2D eigenvalue weighted by Gasteiger charge is -2.11. The van der Waals surface area contributed by atoms with Gasteiger partial charge in [-0.15, -0.1) is 9.81 Å². The molecule has 0 radical (unpaired) electrons. The molecule has 0 aliphatic heterocycles. The van der Waals surface area contributed by atoms with E-state index in [1.54, 1.807) is 0 Å². The van der Waals surface area contributed by atoms with Crippen LogP contribution in [-0.4, -0.2) is 26.7 Å². The second-order valence-corrected chi connectivity index (χ2v) is 4.83. The number of primary amides is 1. The molecule has 0 aliphatic carbocycles. The number of nitrogens with two attached hydrogens (primary N) is 1. The molecule has 0 fully saturated rings. The van der Waals surface area contributed by atoms with Crippen LogP contribution >= 0.6 is 0 Å². The maximum Gasteiger partial charge on any atom is 0.389 e. The molecule has 15 heavy (non-hydrogen) atoms. The quantitative estimate of drug-likeness (QED) is 0.418. The van der Waals surface area contributed by atoms with Crippen molar-refractivity contribution in [2.45, 2.75) is 0 Å². The molecule has 0 aromatic heterocycles. The van der Waals surface area contributed by atoms with Gasteiger partial charge >= 0.3 is 26.4 Å². The van der Waals surface area contributed by atoms with Crippen LogP contribution in [0, 0.1) is 9.81 Å². The van der Waals surface area contributed by atoms with Gasteiger partial charge in [-0.3, -0.25) is 0 Å². The first kappa shape index (κ1) is 13.3. The van der Waals surface area contributed by atoms with Crippen molar-refractivity contribution in [3.63, 3.8) is 0 Å². The molecule has 0 atom stereocenters. The molecule has 12 nitrogen and oxygen atoms in total. The van der Waals surface area contributed by atoms with Crippen LogP contribution in [0.15, 0.2) is 9.16 Å². The van der Waals surface area contributed by atoms with E-state index in [4.69, 9.17) is 0 Å². The van der Waals surface area contributed by atoms with E-state index in [1.165, 1.54) is 9.16 Å². The lowest BCUT2D eigenvalue weighted by atomic mass is 11.2. The fourth-order valence-electron chi connectivity index (χ4n) is 0.385. The summed E-state index contributed by atoms with van der Waals surface area (Å²) in [6, 6.07) is -1.66. The number of rotatable bonds is 5. The zero-order valence-corrected chi connectivity index (χ0v) is 8.23. The molecule has 0 spiro atoms. The van der Waals surface area contributed by atoms with Gasteiger partial charge in [0.2, 0.25) is 0 Å². The number of hydrogen-bond acceptors (Lipinski definition) is 7. The molecule has 0 aromatic rings. The van der Waals surface area contributed by atoms with Crippen LogP contribution in [-0.2, 0) is 20.4 Å². The molecule has 2 amide bonds. The highest BCUT2D eigenvalue weighted by molar-refractivity contribution is 8.02. The van der Waals surface area contributed by atoms with Crippen LogP contribution in [0.3, 0.4) is 0 Å². The fraction of sp³-hybridized carbons (Fsp3) is 0. The molecule has 86 valence electrons. The van der Waals surface area contributed by atoms with Gasteiger partial charge in [-0.25, -0.2) is 10.2 Å². The van der Waals surface area contributed by atoms with Crippen LogP contribution in [0.4, 0.5) is 4.79 Å². The van der Waals surface area contributed by atoms with E-state index in [0.29, 0.717) is 0 Å². The Morgan fingerprint density at radius 1 is 1.07 bits per heavy atom. The van der Waals surface area contributed by atoms with Gasteiger partial charge in [-0.05, 0) is 0 Å². The third-order valence-electron chi connectivity index (χ3n) is 0.809. The Hall–Kier alpha value is -1.67. The molecule has 0 bridgehead atoms. The summed E-state index contributed by atoms with van der Waals surface area (Å²) in [7, 11) is -10.6. The normalized spacial score (nSPS) is 12.1. The maximum absolute atomic E-state index is 10.6. The zero-order chi connectivity index (χ0) is 12.3. The third-order valence-corrected chi connectivity index (χ3v) is 3.34. The van der Waals surface area contributed by atoms with Gasteiger partial charge in [-0.1, -0.05) is 0 Å². The zero-order valence-electron chi connectivity index (χ0n) is 6.59. The number of carbonyl (C=O) groups excluding carboxylic acids is 1. The Kier molecular flexibility index (Phi) is 3.76. The molecule has 3 N–H and O–H groups in total. The molecule has 0 aromatic carbocycles. The molecular weight excluding hydrogens is 258 g/mol. The topological polar surface area (TPSA) is 186 Å². The molecule has 0 unspecified atom stereocenters. The van der Waals surface area contributed by atoms with Crippen molar-refractivity contribution in [1.82, 2.24) is 9.25 Å². The van der Waals surface area contributed by atoms with E-state index in [2.05, 4.69) is 5.73 Å². The minimum absolute atomic E-state index is 0.971. The minimum atomic E-state index is -5.32. The number of urea groups is 1. The number of nitrogens with one attached hydrogen (secondary N) is 1. The summed E-state index contributed by atoms with van der Waals surface area (Å²) >= 11 is 0. The Morgan fingerprint density at radius 3 is 1.60 bits per heavy atom. The van der Waals surface area contributed by atoms with E-state index >= 15 is 0 Å². The largest absolute Gasteiger partial charge is 0.389 e. The predicted molar refractivity (Wildman–Crippen MR) is 44.0 cm³/mol. The molecule has 14 heteroatoms. The van der Waals surface area contributed by atoms with Crippen molar-refractivity contribution in [3.05, 3.63) is 9.81 Å². The van der Waals surface area contributed by atoms with Crippen LogP contribution in [0.2, 0.25) is 0 Å². The Balaban J connectivity index is 5.56. The van der Waals surface area contributed by atoms with E-state index in [9.17, 15) is 31.4 Å². The highest BCUT2D eigenvalue weighted by Gasteiger charge is 2.37. The van der Waals surface area contributed by atoms with Crippen LogP contribution in [0.1, 0.15) is 0 Å². The van der Waals surface area contributed by atoms with Crippen molar-refractivity contribution in [2.75, 3.05) is 0 Å². The fourth-order valence-corrected chi connectivity index (χ4v) is 2.03. The third kappa shape index (κ3) is 3.18. The Labute approximate surface area is 82.7 Å². The lowest BCUT2D eigenvalue weighted by molar-refractivity contribution is 0.240. The van der Waals surface area contributed by atoms with Crippen molar-refractivity contribution in [1.29, 1.82) is 0 Å². The van der Waals surface area contributed by atoms with Gasteiger partial charge in [0.15, 0.2) is 0 Å². The van der Waals surface area contributed by atoms with Gasteiger partial charge in [0, 0.05) is 3.82 Å². The average molecular weight is 261 g/mol. The average Bonchev–Trinajstić information content (AvgIpc) is 2.13. The van der Waals surface area contributed by atoms with E-state index in [1.807, 2.05) is 0 Å². The number of carbonyl (C=O) groups is 1. The number of hydrazine groups is 1. The first-order valence-corrected chi connectivity index (χ1v) is 5.52. The summed E-state index contributed by atoms with van der Waals surface area (Å²) in [5, 5.41) is 0. The SMILES string of the molecule is NC(=O)NN(S(=O)(=O)N=O)S(=O)(=O)N=O. The van der Waals surface area contributed by atoms with Crippen molar-refractivity contribution in [3.8, 4) is 0 Å². The second-order valence-electron chi connectivity index (χ2n) is 1.78. The van der Waals surface area contributed by atoms with E-state index < -0.39 is 30.3 Å². The molecule has 0 rings (SSSR count). The number of nitrogens with zero attached hydrogens (tertiary/aromatic N) is 3. The molecule has 0 saturated heterocycles. The number of amides is 2. The van der Waals surface area contributed by atoms with E-state index in [0.717, 1.165) is 5.43 Å². The molecule has 0 aliphatic rings. The summed E-state index contributed by atoms with van der Waals surface area (Å²) < 4.78 is 44.3. The van der Waals surface area contributed by atoms with Crippen molar-refractivity contribution >= 4 is 26.4 Å². The highest BCUT2D eigenvalue weighted by atomic mass is 32.3. The molecule has 0 saturated carbocycles. The van der Waals surface area contributed by atoms with Gasteiger partial charge < -0.3 is 5.73 Å². The van der Waals surface area contributed by atoms with Crippen LogP contribution in [0.25, 0.3) is 0 Å². The molecular formula is CH3N5O7S2. The summed E-state index contributed by atoms with van der Waals surface area (Å²) in [4.78, 5) is 29.7. The highest BCUT2D eigenvalue weighted by Crippen LogP contribution is 2.07. The van der Waals surface area contributed by atoms with Crippen LogP contribution < -0.4 is 11.2 Å². The summed E-state index contributed by atoms with van der Waals surface area (Å²) in [6.45, 7) is 0. The standard InChI is InChI=1S/CH3N5O7S2/c2-1(7)3-6(14(10,11)4-8)15(12,13)5-9/h(H3,2,3,7). The predicted octanol–water partition coefficient (Wildman–Crippen LogP) is -2.11. The maximum atomic E-state index is 10.6. The summed E-state index contributed by atoms with van der Waals surface area (Å²) in [5.74, 6) is 0. The minimum Gasteiger partial charge on any atom is -0.350 e. The van der Waals surface area contributed by atoms with Crippen LogP contribution in [0.5, 0.6) is 0 Å². The first-order chi connectivity index (χ1) is 6.67. The van der Waals surface area contributed by atoms with Crippen molar-refractivity contribution < 1.29 is 21.6 Å². The van der Waals surface area contributed by atoms with E-state index in [-0.39, 0.29) is 0 Å². The lowest BCUT2D eigenvalue weighted by Crippen LogP contribution is -2.49. The molecule has 0 heterocycles. The Morgan fingerprint density at radius 2 is 1.40 bits per heavy atom. The first-order valence-electron chi connectivity index (χ1n) is 2.73.